The lowest BCUT2D eigenvalue weighted by Crippen LogP contribution is -2.34. The van der Waals surface area contributed by atoms with Gasteiger partial charge in [-0.1, -0.05) is 51.3 Å². The minimum Gasteiger partial charge on any atom is -0.385 e. The summed E-state index contributed by atoms with van der Waals surface area (Å²) in [5.41, 5.74) is -0.707. The zero-order valence-electron chi connectivity index (χ0n) is 15.4. The van der Waals surface area contributed by atoms with E-state index < -0.39 is 5.60 Å². The standard InChI is InChI=1S/C21H32O2S/c1-4-6-12-18(5-2)21(22,14-9-10-15-23-3)20-16-17-11-7-8-13-19(17)24-20/h7-8,11,13,16,18,22H,4-6,9-10,12,14-15H2,1-3H3/t18-,21-/m0/s1. The molecule has 2 rings (SSSR count). The Hall–Kier alpha value is -0.900. The molecule has 0 aliphatic carbocycles. The number of aliphatic hydroxyl groups is 1. The second kappa shape index (κ2) is 9.55. The highest BCUT2D eigenvalue weighted by molar-refractivity contribution is 7.19. The first kappa shape index (κ1) is 19.4. The van der Waals surface area contributed by atoms with E-state index in [1.54, 1.807) is 18.4 Å². The molecule has 3 heteroatoms. The fourth-order valence-corrected chi connectivity index (χ4v) is 4.86. The van der Waals surface area contributed by atoms with Gasteiger partial charge in [-0.05, 0) is 49.1 Å². The van der Waals surface area contributed by atoms with Gasteiger partial charge in [-0.2, -0.15) is 0 Å². The Morgan fingerprint density at radius 1 is 1.17 bits per heavy atom. The van der Waals surface area contributed by atoms with Crippen molar-refractivity contribution in [1.29, 1.82) is 0 Å². The van der Waals surface area contributed by atoms with Crippen molar-refractivity contribution >= 4 is 21.4 Å². The highest BCUT2D eigenvalue weighted by atomic mass is 32.1. The predicted molar refractivity (Wildman–Crippen MR) is 105 cm³/mol. The Balaban J connectivity index is 2.28. The van der Waals surface area contributed by atoms with E-state index in [0.717, 1.165) is 43.6 Å². The summed E-state index contributed by atoms with van der Waals surface area (Å²) in [6.07, 6.45) is 7.32. The summed E-state index contributed by atoms with van der Waals surface area (Å²) in [6, 6.07) is 10.7. The second-order valence-electron chi connectivity index (χ2n) is 6.77. The van der Waals surface area contributed by atoms with Gasteiger partial charge in [0.25, 0.3) is 0 Å². The molecule has 1 heterocycles. The zero-order chi connectivity index (χ0) is 17.4. The zero-order valence-corrected chi connectivity index (χ0v) is 16.2. The van der Waals surface area contributed by atoms with Crippen LogP contribution in [0.5, 0.6) is 0 Å². The van der Waals surface area contributed by atoms with Crippen LogP contribution in [0.3, 0.4) is 0 Å². The lowest BCUT2D eigenvalue weighted by atomic mass is 9.77. The molecule has 0 unspecified atom stereocenters. The third-order valence-corrected chi connectivity index (χ3v) is 6.37. The summed E-state index contributed by atoms with van der Waals surface area (Å²) in [5.74, 6) is 0.327. The van der Waals surface area contributed by atoms with E-state index in [0.29, 0.717) is 5.92 Å². The first-order valence-corrected chi connectivity index (χ1v) is 10.2. The largest absolute Gasteiger partial charge is 0.385 e. The molecular formula is C21H32O2S. The molecule has 0 aliphatic rings. The van der Waals surface area contributed by atoms with E-state index in [4.69, 9.17) is 4.74 Å². The maximum Gasteiger partial charge on any atom is 0.102 e. The fourth-order valence-electron chi connectivity index (χ4n) is 3.60. The van der Waals surface area contributed by atoms with Crippen molar-refractivity contribution in [1.82, 2.24) is 0 Å². The molecule has 0 bridgehead atoms. The number of hydrogen-bond acceptors (Lipinski definition) is 3. The summed E-state index contributed by atoms with van der Waals surface area (Å²) in [6.45, 7) is 5.21. The van der Waals surface area contributed by atoms with Gasteiger partial charge in [-0.15, -0.1) is 11.3 Å². The van der Waals surface area contributed by atoms with Gasteiger partial charge in [0.1, 0.15) is 5.60 Å². The van der Waals surface area contributed by atoms with Crippen molar-refractivity contribution in [3.05, 3.63) is 35.2 Å². The van der Waals surface area contributed by atoms with Crippen molar-refractivity contribution in [3.63, 3.8) is 0 Å². The number of thiophene rings is 1. The van der Waals surface area contributed by atoms with Gasteiger partial charge in [-0.25, -0.2) is 0 Å². The summed E-state index contributed by atoms with van der Waals surface area (Å²) < 4.78 is 6.45. The van der Waals surface area contributed by atoms with Crippen LogP contribution in [-0.4, -0.2) is 18.8 Å². The Morgan fingerprint density at radius 2 is 1.96 bits per heavy atom. The normalized spacial score (nSPS) is 15.5. The molecule has 24 heavy (non-hydrogen) atoms. The van der Waals surface area contributed by atoms with Crippen LogP contribution in [0.15, 0.2) is 30.3 Å². The first-order chi connectivity index (χ1) is 11.7. The van der Waals surface area contributed by atoms with Gasteiger partial charge in [0.2, 0.25) is 0 Å². The SMILES string of the molecule is CCCC[C@H](CC)[C@@](O)(CCCCOC)c1cc2ccccc2s1. The second-order valence-corrected chi connectivity index (χ2v) is 7.85. The minimum absolute atomic E-state index is 0.327. The molecule has 0 amide bonds. The smallest absolute Gasteiger partial charge is 0.102 e. The summed E-state index contributed by atoms with van der Waals surface area (Å²) in [7, 11) is 1.74. The molecule has 1 N–H and O–H groups in total. The third kappa shape index (κ3) is 4.59. The molecule has 0 radical (unpaired) electrons. The van der Waals surface area contributed by atoms with E-state index in [9.17, 15) is 5.11 Å². The lowest BCUT2D eigenvalue weighted by molar-refractivity contribution is -0.0375. The predicted octanol–water partition coefficient (Wildman–Crippen LogP) is 6.12. The Morgan fingerprint density at radius 3 is 2.62 bits per heavy atom. The Bertz CT molecular complexity index is 574. The minimum atomic E-state index is -0.707. The van der Waals surface area contributed by atoms with Gasteiger partial charge < -0.3 is 9.84 Å². The summed E-state index contributed by atoms with van der Waals surface area (Å²) in [5, 5.41) is 13.0. The number of ether oxygens (including phenoxy) is 1. The van der Waals surface area contributed by atoms with Gasteiger partial charge in [0.15, 0.2) is 0 Å². The average Bonchev–Trinajstić information content (AvgIpc) is 3.04. The van der Waals surface area contributed by atoms with Crippen molar-refractivity contribution in [2.24, 2.45) is 5.92 Å². The Labute approximate surface area is 150 Å². The highest BCUT2D eigenvalue weighted by Gasteiger charge is 2.37. The molecule has 0 aliphatic heterocycles. The quantitative estimate of drug-likeness (QED) is 0.496. The molecule has 2 nitrogen and oxygen atoms in total. The summed E-state index contributed by atoms with van der Waals surface area (Å²) in [4.78, 5) is 1.14. The number of rotatable bonds is 11. The number of methoxy groups -OCH3 is 1. The van der Waals surface area contributed by atoms with Crippen LogP contribution in [0, 0.1) is 5.92 Å². The first-order valence-electron chi connectivity index (χ1n) is 9.36. The fraction of sp³-hybridized carbons (Fsp3) is 0.619. The van der Waals surface area contributed by atoms with Crippen molar-refractivity contribution < 1.29 is 9.84 Å². The topological polar surface area (TPSA) is 29.5 Å². The molecule has 1 aromatic carbocycles. The van der Waals surface area contributed by atoms with Crippen LogP contribution < -0.4 is 0 Å². The van der Waals surface area contributed by atoms with E-state index in [1.165, 1.54) is 22.9 Å². The number of unbranched alkanes of at least 4 members (excludes halogenated alkanes) is 2. The monoisotopic (exact) mass is 348 g/mol. The number of fused-ring (bicyclic) bond motifs is 1. The molecule has 2 aromatic rings. The van der Waals surface area contributed by atoms with Crippen LogP contribution in [0.1, 0.15) is 63.7 Å². The van der Waals surface area contributed by atoms with Crippen molar-refractivity contribution in [2.75, 3.05) is 13.7 Å². The maximum atomic E-state index is 11.7. The van der Waals surface area contributed by atoms with Crippen LogP contribution in [-0.2, 0) is 10.3 Å². The average molecular weight is 349 g/mol. The van der Waals surface area contributed by atoms with E-state index in [-0.39, 0.29) is 0 Å². The van der Waals surface area contributed by atoms with Crippen molar-refractivity contribution in [3.8, 4) is 0 Å². The van der Waals surface area contributed by atoms with Crippen LogP contribution in [0.2, 0.25) is 0 Å². The Kier molecular flexibility index (Phi) is 7.73. The molecule has 0 spiro atoms. The lowest BCUT2D eigenvalue weighted by Gasteiger charge is -2.35. The number of benzene rings is 1. The van der Waals surface area contributed by atoms with E-state index >= 15 is 0 Å². The van der Waals surface area contributed by atoms with Gasteiger partial charge in [-0.3, -0.25) is 0 Å². The van der Waals surface area contributed by atoms with Gasteiger partial charge in [0.05, 0.1) is 0 Å². The van der Waals surface area contributed by atoms with Crippen molar-refractivity contribution in [2.45, 2.75) is 64.4 Å². The molecule has 1 aromatic heterocycles. The molecule has 2 atom stereocenters. The van der Waals surface area contributed by atoms with Crippen LogP contribution >= 0.6 is 11.3 Å². The molecule has 0 fully saturated rings. The molecular weight excluding hydrogens is 316 g/mol. The third-order valence-electron chi connectivity index (χ3n) is 5.08. The van der Waals surface area contributed by atoms with Crippen LogP contribution in [0.25, 0.3) is 10.1 Å². The molecule has 0 saturated carbocycles. The van der Waals surface area contributed by atoms with Crippen LogP contribution in [0.4, 0.5) is 0 Å². The maximum absolute atomic E-state index is 11.7. The number of hydrogen-bond donors (Lipinski definition) is 1. The van der Waals surface area contributed by atoms with E-state index in [1.807, 2.05) is 0 Å². The molecule has 0 saturated heterocycles. The van der Waals surface area contributed by atoms with Gasteiger partial charge >= 0.3 is 0 Å². The highest BCUT2D eigenvalue weighted by Crippen LogP contribution is 2.44. The summed E-state index contributed by atoms with van der Waals surface area (Å²) >= 11 is 1.76. The van der Waals surface area contributed by atoms with E-state index in [2.05, 4.69) is 44.2 Å². The van der Waals surface area contributed by atoms with Gasteiger partial charge in [0, 0.05) is 23.3 Å². The molecule has 134 valence electrons.